The Hall–Kier alpha value is 2.88. The van der Waals surface area contributed by atoms with Gasteiger partial charge in [-0.25, -0.2) is 0 Å². The van der Waals surface area contributed by atoms with E-state index in [9.17, 15) is 0 Å². The van der Waals surface area contributed by atoms with E-state index in [-0.39, 0.29) is 96.0 Å². The van der Waals surface area contributed by atoms with Gasteiger partial charge in [-0.1, -0.05) is 7.43 Å². The van der Waals surface area contributed by atoms with Crippen LogP contribution >= 0.6 is 0 Å². The molecule has 0 nitrogen and oxygen atoms in total. The molecule has 0 saturated heterocycles. The fraction of sp³-hybridized carbons (Fsp3) is 1.00. The van der Waals surface area contributed by atoms with Crippen LogP contribution in [0.5, 0.6) is 0 Å². The van der Waals surface area contributed by atoms with Gasteiger partial charge in [-0.15, -0.1) is 0 Å². The summed E-state index contributed by atoms with van der Waals surface area (Å²) in [5.74, 6) is 0. The summed E-state index contributed by atoms with van der Waals surface area (Å²) < 4.78 is 0. The molecule has 0 aliphatic carbocycles. The molecule has 4 heteroatoms. The van der Waals surface area contributed by atoms with Gasteiger partial charge >= 0.3 is 0 Å². The molecule has 0 heterocycles. The van der Waals surface area contributed by atoms with Crippen molar-refractivity contribution in [2.45, 2.75) is 7.43 Å². The van der Waals surface area contributed by atoms with E-state index in [1.54, 1.807) is 0 Å². The molecule has 0 amide bonds. The van der Waals surface area contributed by atoms with Crippen molar-refractivity contribution in [1.82, 2.24) is 0 Å². The number of hydrogen-bond donors (Lipinski definition) is 0. The van der Waals surface area contributed by atoms with Gasteiger partial charge in [0.05, 0.1) is 0 Å². The van der Waals surface area contributed by atoms with E-state index in [1.165, 1.54) is 0 Å². The predicted octanol–water partition coefficient (Wildman–Crippen LogP) is -0.509. The van der Waals surface area contributed by atoms with Crippen LogP contribution in [0.1, 0.15) is 7.43 Å². The Kier molecular flexibility index (Phi) is 258. The Balaban J connectivity index is 0. The van der Waals surface area contributed by atoms with Gasteiger partial charge in [-0.2, -0.15) is 0 Å². The smallest absolute Gasteiger partial charge is 0 e. The van der Waals surface area contributed by atoms with Gasteiger partial charge in [0.1, 0.15) is 0 Å². The molecule has 0 unspecified atom stereocenters. The summed E-state index contributed by atoms with van der Waals surface area (Å²) in [6.45, 7) is 0. The molecule has 0 aliphatic heterocycles. The van der Waals surface area contributed by atoms with Gasteiger partial charge in [0.25, 0.3) is 0 Å². The van der Waals surface area contributed by atoms with E-state index in [2.05, 4.69) is 0 Å². The third-order valence-corrected chi connectivity index (χ3v) is 0. The van der Waals surface area contributed by atoms with Crippen molar-refractivity contribution in [3.8, 4) is 0 Å². The van der Waals surface area contributed by atoms with Crippen LogP contribution in [0.15, 0.2) is 0 Å². The Morgan fingerprint density at radius 3 is 1.00 bits per heavy atom. The van der Waals surface area contributed by atoms with Crippen molar-refractivity contribution < 1.29 is 18.6 Å². The SMILES string of the molecule is C.[Al].[Mg].[Na].[V]. The predicted molar refractivity (Wildman–Crippen MR) is 24.0 cm³/mol. The molecule has 0 N–H and O–H groups in total. The topological polar surface area (TPSA) is 0 Å². The Bertz CT molecular complexity index is 11.6. The molecular formula is CH4AlMgNaV. The minimum absolute atomic E-state index is 0. The second-order valence-corrected chi connectivity index (χ2v) is 0. The van der Waals surface area contributed by atoms with Gasteiger partial charge in [-0.3, -0.25) is 0 Å². The number of hydrogen-bond acceptors (Lipinski definition) is 0. The first-order chi connectivity index (χ1) is 0. The van der Waals surface area contributed by atoms with Crippen LogP contribution in [-0.4, -0.2) is 70.0 Å². The maximum Gasteiger partial charge on any atom is 0 e. The first-order valence-corrected chi connectivity index (χ1v) is 0. The van der Waals surface area contributed by atoms with Crippen LogP contribution in [0.25, 0.3) is 0 Å². The van der Waals surface area contributed by atoms with Crippen LogP contribution in [0.3, 0.4) is 0 Å². The van der Waals surface area contributed by atoms with E-state index in [1.807, 2.05) is 0 Å². The van der Waals surface area contributed by atoms with Crippen molar-refractivity contribution in [2.75, 3.05) is 0 Å². The molecule has 0 aromatic heterocycles. The van der Waals surface area contributed by atoms with Crippen LogP contribution in [0, 0.1) is 0 Å². The number of rotatable bonds is 0. The molecule has 0 aliphatic rings. The van der Waals surface area contributed by atoms with Gasteiger partial charge in [-0.05, 0) is 0 Å². The molecule has 5 heavy (non-hydrogen) atoms. The monoisotopic (exact) mass is 141 g/mol. The summed E-state index contributed by atoms with van der Waals surface area (Å²) in [5, 5.41) is 0. The summed E-state index contributed by atoms with van der Waals surface area (Å²) in [6.07, 6.45) is 0. The quantitative estimate of drug-likeness (QED) is 0.399. The van der Waals surface area contributed by atoms with Crippen molar-refractivity contribution in [3.63, 3.8) is 0 Å². The average Bonchev–Trinajstić information content (AvgIpc) is 0. The zero-order chi connectivity index (χ0) is 0. The second-order valence-electron chi connectivity index (χ2n) is 0. The van der Waals surface area contributed by atoms with Crippen molar-refractivity contribution in [3.05, 3.63) is 0 Å². The molecule has 0 spiro atoms. The van der Waals surface area contributed by atoms with E-state index >= 15 is 0 Å². The van der Waals surface area contributed by atoms with Crippen molar-refractivity contribution in [2.24, 2.45) is 0 Å². The molecule has 7 radical (unpaired) electrons. The summed E-state index contributed by atoms with van der Waals surface area (Å²) in [6, 6.07) is 0. The second kappa shape index (κ2) is 28.7. The minimum Gasteiger partial charge on any atom is -0.0776 e. The first kappa shape index (κ1) is 44.9. The summed E-state index contributed by atoms with van der Waals surface area (Å²) in [4.78, 5) is 0. The largest absolute Gasteiger partial charge is 0.0776 e. The van der Waals surface area contributed by atoms with Crippen molar-refractivity contribution in [1.29, 1.82) is 0 Å². The molecule has 0 aromatic carbocycles. The zero-order valence-electron chi connectivity index (χ0n) is 2.73. The van der Waals surface area contributed by atoms with Crippen LogP contribution in [-0.2, 0) is 18.6 Å². The molecule has 0 rings (SSSR count). The average molecular weight is 141 g/mol. The fourth-order valence-corrected chi connectivity index (χ4v) is 0. The molecular weight excluding hydrogens is 137 g/mol. The van der Waals surface area contributed by atoms with Crippen LogP contribution < -0.4 is 0 Å². The molecule has 0 bridgehead atoms. The third-order valence-electron chi connectivity index (χ3n) is 0. The Morgan fingerprint density at radius 1 is 1.00 bits per heavy atom. The molecule has 0 aromatic rings. The third kappa shape index (κ3) is 19.7. The standard InChI is InChI=1S/CH4.Al.Mg.Na.V/h1H4;;;;. The first-order valence-electron chi connectivity index (χ1n) is 0. The van der Waals surface area contributed by atoms with E-state index in [0.29, 0.717) is 0 Å². The summed E-state index contributed by atoms with van der Waals surface area (Å²) in [7, 11) is 0. The molecule has 0 atom stereocenters. The molecule has 19 valence electrons. The molecule has 0 fully saturated rings. The zero-order valence-corrected chi connectivity index (χ0v) is 8.70. The van der Waals surface area contributed by atoms with Crippen LogP contribution in [0.2, 0.25) is 0 Å². The summed E-state index contributed by atoms with van der Waals surface area (Å²) in [5.41, 5.74) is 0. The van der Waals surface area contributed by atoms with E-state index in [4.69, 9.17) is 0 Å². The van der Waals surface area contributed by atoms with Gasteiger partial charge < -0.3 is 0 Å². The van der Waals surface area contributed by atoms with Gasteiger partial charge in [0.2, 0.25) is 0 Å². The van der Waals surface area contributed by atoms with Crippen molar-refractivity contribution >= 4 is 70.0 Å². The van der Waals surface area contributed by atoms with E-state index in [0.717, 1.165) is 0 Å². The normalized spacial score (nSPS) is 0. The summed E-state index contributed by atoms with van der Waals surface area (Å²) >= 11 is 0. The Labute approximate surface area is 94.3 Å². The van der Waals surface area contributed by atoms with Gasteiger partial charge in [0, 0.05) is 88.5 Å². The molecule has 0 saturated carbocycles. The van der Waals surface area contributed by atoms with Gasteiger partial charge in [0.15, 0.2) is 0 Å². The maximum absolute atomic E-state index is 0. The fourth-order valence-electron chi connectivity index (χ4n) is 0. The van der Waals surface area contributed by atoms with Crippen LogP contribution in [0.4, 0.5) is 0 Å². The Morgan fingerprint density at radius 2 is 1.00 bits per heavy atom. The maximum atomic E-state index is 0. The minimum atomic E-state index is 0. The van der Waals surface area contributed by atoms with E-state index < -0.39 is 0 Å².